The zero-order valence-electron chi connectivity index (χ0n) is 9.75. The Bertz CT molecular complexity index is 500. The summed E-state index contributed by atoms with van der Waals surface area (Å²) in [4.78, 5) is 22.9. The minimum absolute atomic E-state index is 0.140. The van der Waals surface area contributed by atoms with Crippen LogP contribution in [0, 0.1) is 0 Å². The summed E-state index contributed by atoms with van der Waals surface area (Å²) >= 11 is 0. The second-order valence-electron chi connectivity index (χ2n) is 3.51. The van der Waals surface area contributed by atoms with E-state index in [1.807, 2.05) is 0 Å². The first-order valence-corrected chi connectivity index (χ1v) is 5.03. The molecular weight excluding hydrogens is 242 g/mol. The summed E-state index contributed by atoms with van der Waals surface area (Å²) in [6.07, 6.45) is -1.24. The fraction of sp³-hybridized carbons (Fsp3) is 0.273. The molecule has 1 aromatic rings. The first-order chi connectivity index (χ1) is 8.58. The summed E-state index contributed by atoms with van der Waals surface area (Å²) < 4.78 is 14.5. The molecule has 1 amide bonds. The van der Waals surface area contributed by atoms with E-state index >= 15 is 0 Å². The minimum Gasteiger partial charge on any atom is -0.465 e. The topological polar surface area (TPSA) is 85.3 Å². The van der Waals surface area contributed by atoms with Crippen molar-refractivity contribution < 1.29 is 29.0 Å². The maximum Gasteiger partial charge on any atom is 0.337 e. The number of esters is 1. The SMILES string of the molecule is COC(=O)c1ccc2c(c1)OC(OC)C(=O)N2O. The fourth-order valence-corrected chi connectivity index (χ4v) is 1.56. The molecule has 1 N–H and O–H groups in total. The first-order valence-electron chi connectivity index (χ1n) is 5.03. The number of carbonyl (C=O) groups is 2. The molecule has 0 spiro atoms. The molecule has 7 nitrogen and oxygen atoms in total. The molecule has 0 aliphatic carbocycles. The van der Waals surface area contributed by atoms with Gasteiger partial charge in [-0.25, -0.2) is 4.79 Å². The van der Waals surface area contributed by atoms with Crippen LogP contribution in [0.4, 0.5) is 5.69 Å². The summed E-state index contributed by atoms with van der Waals surface area (Å²) in [5, 5.41) is 10.1. The predicted molar refractivity (Wildman–Crippen MR) is 58.5 cm³/mol. The Labute approximate surface area is 102 Å². The van der Waals surface area contributed by atoms with Gasteiger partial charge in [-0.2, -0.15) is 5.06 Å². The van der Waals surface area contributed by atoms with Gasteiger partial charge in [0.2, 0.25) is 0 Å². The van der Waals surface area contributed by atoms with E-state index < -0.39 is 18.2 Å². The molecule has 7 heteroatoms. The molecule has 1 aromatic carbocycles. The third-order valence-electron chi connectivity index (χ3n) is 2.47. The Morgan fingerprint density at radius 2 is 2.17 bits per heavy atom. The highest BCUT2D eigenvalue weighted by molar-refractivity contribution is 5.98. The zero-order chi connectivity index (χ0) is 13.3. The summed E-state index contributed by atoms with van der Waals surface area (Å²) in [5.74, 6) is -1.13. The van der Waals surface area contributed by atoms with Crippen LogP contribution < -0.4 is 9.80 Å². The summed E-state index contributed by atoms with van der Waals surface area (Å²) in [5.41, 5.74) is 0.384. The van der Waals surface area contributed by atoms with Gasteiger partial charge in [0.25, 0.3) is 6.29 Å². The van der Waals surface area contributed by atoms with E-state index in [0.29, 0.717) is 5.06 Å². The monoisotopic (exact) mass is 253 g/mol. The number of amides is 1. The molecule has 1 atom stereocenters. The molecule has 96 valence electrons. The van der Waals surface area contributed by atoms with E-state index in [4.69, 9.17) is 9.47 Å². The van der Waals surface area contributed by atoms with Crippen LogP contribution in [-0.4, -0.2) is 37.6 Å². The van der Waals surface area contributed by atoms with E-state index in [1.54, 1.807) is 0 Å². The van der Waals surface area contributed by atoms with E-state index in [-0.39, 0.29) is 17.0 Å². The number of ether oxygens (including phenoxy) is 3. The van der Waals surface area contributed by atoms with Crippen LogP contribution in [0.1, 0.15) is 10.4 Å². The Morgan fingerprint density at radius 1 is 1.44 bits per heavy atom. The minimum atomic E-state index is -1.24. The van der Waals surface area contributed by atoms with Gasteiger partial charge in [0.1, 0.15) is 5.69 Å². The van der Waals surface area contributed by atoms with Crippen LogP contribution in [0.15, 0.2) is 18.2 Å². The number of nitrogens with zero attached hydrogens (tertiary/aromatic N) is 1. The zero-order valence-corrected chi connectivity index (χ0v) is 9.75. The van der Waals surface area contributed by atoms with Gasteiger partial charge in [-0.05, 0) is 18.2 Å². The number of methoxy groups -OCH3 is 2. The van der Waals surface area contributed by atoms with Gasteiger partial charge >= 0.3 is 11.9 Å². The van der Waals surface area contributed by atoms with Crippen molar-refractivity contribution in [3.63, 3.8) is 0 Å². The highest BCUT2D eigenvalue weighted by Gasteiger charge is 2.34. The van der Waals surface area contributed by atoms with Crippen LogP contribution in [0.25, 0.3) is 0 Å². The number of rotatable bonds is 2. The van der Waals surface area contributed by atoms with E-state index in [1.165, 1.54) is 32.4 Å². The number of benzene rings is 1. The molecule has 1 unspecified atom stereocenters. The van der Waals surface area contributed by atoms with Crippen molar-refractivity contribution in [2.45, 2.75) is 6.29 Å². The second kappa shape index (κ2) is 4.63. The van der Waals surface area contributed by atoms with Crippen molar-refractivity contribution in [1.29, 1.82) is 0 Å². The summed E-state index contributed by atoms with van der Waals surface area (Å²) in [6.45, 7) is 0. The second-order valence-corrected chi connectivity index (χ2v) is 3.51. The van der Waals surface area contributed by atoms with Gasteiger partial charge in [-0.15, -0.1) is 0 Å². The van der Waals surface area contributed by atoms with Gasteiger partial charge in [0.05, 0.1) is 12.7 Å². The van der Waals surface area contributed by atoms with Crippen molar-refractivity contribution in [2.24, 2.45) is 0 Å². The largest absolute Gasteiger partial charge is 0.465 e. The molecular formula is C11H11NO6. The molecule has 2 rings (SSSR count). The number of hydroxylamine groups is 1. The van der Waals surface area contributed by atoms with Crippen molar-refractivity contribution in [2.75, 3.05) is 19.3 Å². The van der Waals surface area contributed by atoms with Crippen molar-refractivity contribution in [3.05, 3.63) is 23.8 Å². The average Bonchev–Trinajstić information content (AvgIpc) is 2.41. The number of hydrogen-bond donors (Lipinski definition) is 1. The smallest absolute Gasteiger partial charge is 0.337 e. The van der Waals surface area contributed by atoms with Crippen LogP contribution in [0.5, 0.6) is 5.75 Å². The fourth-order valence-electron chi connectivity index (χ4n) is 1.56. The van der Waals surface area contributed by atoms with Crippen molar-refractivity contribution >= 4 is 17.6 Å². The number of anilines is 1. The van der Waals surface area contributed by atoms with Crippen molar-refractivity contribution in [1.82, 2.24) is 0 Å². The van der Waals surface area contributed by atoms with Crippen LogP contribution in [0.2, 0.25) is 0 Å². The Kier molecular flexibility index (Phi) is 3.17. The standard InChI is InChI=1S/C11H11NO6/c1-16-10(14)6-3-4-7-8(5-6)18-11(17-2)9(13)12(7)15/h3-5,11,15H,1-2H3. The van der Waals surface area contributed by atoms with E-state index in [0.717, 1.165) is 0 Å². The molecule has 0 saturated heterocycles. The number of fused-ring (bicyclic) bond motifs is 1. The van der Waals surface area contributed by atoms with Gasteiger partial charge in [0, 0.05) is 7.11 Å². The molecule has 1 aliphatic heterocycles. The quantitative estimate of drug-likeness (QED) is 0.612. The molecule has 0 fully saturated rings. The summed E-state index contributed by atoms with van der Waals surface area (Å²) in [6, 6.07) is 4.16. The Balaban J connectivity index is 2.42. The van der Waals surface area contributed by atoms with Gasteiger partial charge in [-0.3, -0.25) is 10.0 Å². The predicted octanol–water partition coefficient (Wildman–Crippen LogP) is 0.560. The lowest BCUT2D eigenvalue weighted by atomic mass is 10.1. The van der Waals surface area contributed by atoms with E-state index in [2.05, 4.69) is 4.74 Å². The Morgan fingerprint density at radius 3 is 2.78 bits per heavy atom. The van der Waals surface area contributed by atoms with Crippen LogP contribution in [0.3, 0.4) is 0 Å². The first kappa shape index (κ1) is 12.3. The maximum absolute atomic E-state index is 11.5. The third-order valence-corrected chi connectivity index (χ3v) is 2.47. The van der Waals surface area contributed by atoms with Gasteiger partial charge in [-0.1, -0.05) is 0 Å². The van der Waals surface area contributed by atoms with E-state index in [9.17, 15) is 14.8 Å². The number of carbonyl (C=O) groups excluding carboxylic acids is 2. The molecule has 18 heavy (non-hydrogen) atoms. The van der Waals surface area contributed by atoms with Crippen LogP contribution >= 0.6 is 0 Å². The lowest BCUT2D eigenvalue weighted by Crippen LogP contribution is -2.45. The summed E-state index contributed by atoms with van der Waals surface area (Å²) in [7, 11) is 2.52. The molecule has 0 radical (unpaired) electrons. The maximum atomic E-state index is 11.5. The molecule has 0 bridgehead atoms. The highest BCUT2D eigenvalue weighted by Crippen LogP contribution is 2.34. The molecule has 1 heterocycles. The number of hydrogen-bond acceptors (Lipinski definition) is 6. The lowest BCUT2D eigenvalue weighted by Gasteiger charge is -2.29. The lowest BCUT2D eigenvalue weighted by molar-refractivity contribution is -0.153. The highest BCUT2D eigenvalue weighted by atomic mass is 16.7. The van der Waals surface area contributed by atoms with Gasteiger partial charge < -0.3 is 14.2 Å². The Hall–Kier alpha value is -2.12. The molecule has 0 aromatic heterocycles. The molecule has 1 aliphatic rings. The average molecular weight is 253 g/mol. The van der Waals surface area contributed by atoms with Crippen LogP contribution in [-0.2, 0) is 14.3 Å². The third kappa shape index (κ3) is 1.89. The van der Waals surface area contributed by atoms with Gasteiger partial charge in [0.15, 0.2) is 5.75 Å². The van der Waals surface area contributed by atoms with Crippen molar-refractivity contribution in [3.8, 4) is 5.75 Å². The normalized spacial score (nSPS) is 18.1. The molecule has 0 saturated carbocycles.